The van der Waals surface area contributed by atoms with Crippen LogP contribution in [0.5, 0.6) is 0 Å². The Bertz CT molecular complexity index is 1100. The molecule has 0 aliphatic carbocycles. The molecule has 3 aromatic rings. The molecule has 1 aromatic carbocycles. The van der Waals surface area contributed by atoms with Crippen molar-refractivity contribution in [2.75, 3.05) is 16.8 Å². The summed E-state index contributed by atoms with van der Waals surface area (Å²) in [6.45, 7) is 8.10. The molecule has 8 heteroatoms. The third kappa shape index (κ3) is 3.80. The molecule has 1 fully saturated rings. The number of nitrogens with one attached hydrogen (secondary N) is 1. The lowest BCUT2D eigenvalue weighted by atomic mass is 10.1. The summed E-state index contributed by atoms with van der Waals surface area (Å²) in [5, 5.41) is 6.89. The zero-order valence-electron chi connectivity index (χ0n) is 16.8. The van der Waals surface area contributed by atoms with Gasteiger partial charge in [-0.1, -0.05) is 11.2 Å². The SMILES string of the molecule is Cc1nc(-c2cc(NC(=O)[C@@H]3CC(=O)N(c4ccc(C)c(C)c4)C3)c(C)s2)no1. The van der Waals surface area contributed by atoms with Gasteiger partial charge in [0.25, 0.3) is 0 Å². The molecule has 0 radical (unpaired) electrons. The van der Waals surface area contributed by atoms with Gasteiger partial charge >= 0.3 is 0 Å². The number of aromatic nitrogens is 2. The largest absolute Gasteiger partial charge is 0.339 e. The van der Waals surface area contributed by atoms with Crippen molar-refractivity contribution in [2.45, 2.75) is 34.1 Å². The number of hydrogen-bond acceptors (Lipinski definition) is 6. The third-order valence-corrected chi connectivity index (χ3v) is 6.27. The second-order valence-corrected chi connectivity index (χ2v) is 8.64. The average Bonchev–Trinajstić information content (AvgIpc) is 3.37. The predicted octanol–water partition coefficient (Wildman–Crippen LogP) is 4.02. The summed E-state index contributed by atoms with van der Waals surface area (Å²) >= 11 is 1.49. The molecule has 1 saturated heterocycles. The van der Waals surface area contributed by atoms with Gasteiger partial charge in [-0.25, -0.2) is 0 Å². The van der Waals surface area contributed by atoms with Crippen molar-refractivity contribution >= 4 is 34.5 Å². The van der Waals surface area contributed by atoms with Crippen LogP contribution in [-0.2, 0) is 9.59 Å². The zero-order valence-corrected chi connectivity index (χ0v) is 17.6. The minimum atomic E-state index is -0.390. The fourth-order valence-corrected chi connectivity index (χ4v) is 4.28. The number of carbonyl (C=O) groups excluding carboxylic acids is 2. The Labute approximate surface area is 172 Å². The van der Waals surface area contributed by atoms with Crippen molar-refractivity contribution in [2.24, 2.45) is 5.92 Å². The van der Waals surface area contributed by atoms with E-state index in [9.17, 15) is 9.59 Å². The van der Waals surface area contributed by atoms with Crippen LogP contribution in [0.4, 0.5) is 11.4 Å². The first-order chi connectivity index (χ1) is 13.8. The molecule has 29 heavy (non-hydrogen) atoms. The maximum absolute atomic E-state index is 12.8. The van der Waals surface area contributed by atoms with Crippen LogP contribution < -0.4 is 10.2 Å². The third-order valence-electron chi connectivity index (χ3n) is 5.22. The number of anilines is 2. The Hall–Kier alpha value is -3.00. The van der Waals surface area contributed by atoms with E-state index in [0.717, 1.165) is 26.7 Å². The Morgan fingerprint density at radius 3 is 2.69 bits per heavy atom. The van der Waals surface area contributed by atoms with Gasteiger partial charge in [-0.2, -0.15) is 4.98 Å². The molecule has 0 saturated carbocycles. The van der Waals surface area contributed by atoms with E-state index in [2.05, 4.69) is 15.5 Å². The first-order valence-corrected chi connectivity index (χ1v) is 10.2. The molecule has 0 spiro atoms. The van der Waals surface area contributed by atoms with Crippen molar-refractivity contribution < 1.29 is 14.1 Å². The topological polar surface area (TPSA) is 88.3 Å². The summed E-state index contributed by atoms with van der Waals surface area (Å²) in [4.78, 5) is 33.0. The van der Waals surface area contributed by atoms with Crippen molar-refractivity contribution in [1.29, 1.82) is 0 Å². The fourth-order valence-electron chi connectivity index (χ4n) is 3.38. The molecule has 1 N–H and O–H groups in total. The van der Waals surface area contributed by atoms with Crippen LogP contribution in [0.2, 0.25) is 0 Å². The van der Waals surface area contributed by atoms with Gasteiger partial charge in [0.05, 0.1) is 16.5 Å². The number of benzene rings is 1. The number of aryl methyl sites for hydroxylation is 4. The average molecular weight is 410 g/mol. The standard InChI is InChI=1S/C21H22N4O3S/c1-11-5-6-16(7-12(11)2)25-10-15(8-19(25)26)21(27)23-17-9-18(29-13(17)3)20-22-14(4)28-24-20/h5-7,9,15H,8,10H2,1-4H3,(H,23,27)/t15-/m1/s1. The molecule has 1 aliphatic heterocycles. The minimum Gasteiger partial charge on any atom is -0.339 e. The van der Waals surface area contributed by atoms with E-state index in [4.69, 9.17) is 4.52 Å². The second kappa shape index (κ2) is 7.44. The summed E-state index contributed by atoms with van der Waals surface area (Å²) in [6.07, 6.45) is 0.207. The van der Waals surface area contributed by atoms with E-state index in [-0.39, 0.29) is 24.2 Å². The maximum atomic E-state index is 12.8. The lowest BCUT2D eigenvalue weighted by molar-refractivity contribution is -0.122. The molecular formula is C21H22N4O3S. The number of rotatable bonds is 4. The van der Waals surface area contributed by atoms with Crippen LogP contribution >= 0.6 is 11.3 Å². The van der Waals surface area contributed by atoms with E-state index in [0.29, 0.717) is 18.3 Å². The first kappa shape index (κ1) is 19.3. The predicted molar refractivity (Wildman–Crippen MR) is 112 cm³/mol. The van der Waals surface area contributed by atoms with Crippen molar-refractivity contribution in [1.82, 2.24) is 10.1 Å². The van der Waals surface area contributed by atoms with E-state index in [1.165, 1.54) is 16.9 Å². The maximum Gasteiger partial charge on any atom is 0.229 e. The molecule has 7 nitrogen and oxygen atoms in total. The molecule has 3 heterocycles. The smallest absolute Gasteiger partial charge is 0.229 e. The Morgan fingerprint density at radius 1 is 1.21 bits per heavy atom. The van der Waals surface area contributed by atoms with Crippen LogP contribution in [0, 0.1) is 33.6 Å². The lowest BCUT2D eigenvalue weighted by Gasteiger charge is -2.18. The highest BCUT2D eigenvalue weighted by Crippen LogP contribution is 2.34. The normalized spacial score (nSPS) is 16.5. The molecular weight excluding hydrogens is 388 g/mol. The number of hydrogen-bond donors (Lipinski definition) is 1. The number of thiophene rings is 1. The summed E-state index contributed by atoms with van der Waals surface area (Å²) in [7, 11) is 0. The molecule has 0 bridgehead atoms. The van der Waals surface area contributed by atoms with Crippen LogP contribution in [0.25, 0.3) is 10.7 Å². The summed E-state index contributed by atoms with van der Waals surface area (Å²) < 4.78 is 5.03. The highest BCUT2D eigenvalue weighted by atomic mass is 32.1. The monoisotopic (exact) mass is 410 g/mol. The summed E-state index contributed by atoms with van der Waals surface area (Å²) in [5.74, 6) is 0.430. The quantitative estimate of drug-likeness (QED) is 0.702. The van der Waals surface area contributed by atoms with Crippen LogP contribution in [0.1, 0.15) is 28.3 Å². The lowest BCUT2D eigenvalue weighted by Crippen LogP contribution is -2.28. The van der Waals surface area contributed by atoms with Gasteiger partial charge < -0.3 is 14.7 Å². The van der Waals surface area contributed by atoms with E-state index in [1.54, 1.807) is 11.8 Å². The second-order valence-electron chi connectivity index (χ2n) is 7.38. The molecule has 0 unspecified atom stereocenters. The van der Waals surface area contributed by atoms with Gasteiger partial charge in [0.2, 0.25) is 23.5 Å². The van der Waals surface area contributed by atoms with E-state index in [1.807, 2.05) is 45.0 Å². The number of nitrogens with zero attached hydrogens (tertiary/aromatic N) is 3. The summed E-state index contributed by atoms with van der Waals surface area (Å²) in [6, 6.07) is 7.78. The Kier molecular flexibility index (Phi) is 4.96. The highest BCUT2D eigenvalue weighted by molar-refractivity contribution is 7.16. The van der Waals surface area contributed by atoms with Gasteiger partial charge in [-0.3, -0.25) is 9.59 Å². The summed E-state index contributed by atoms with van der Waals surface area (Å²) in [5.41, 5.74) is 3.86. The van der Waals surface area contributed by atoms with Gasteiger partial charge in [-0.05, 0) is 50.1 Å². The Morgan fingerprint density at radius 2 is 2.00 bits per heavy atom. The minimum absolute atomic E-state index is 0.0293. The van der Waals surface area contributed by atoms with Crippen molar-refractivity contribution in [3.8, 4) is 10.7 Å². The first-order valence-electron chi connectivity index (χ1n) is 9.41. The van der Waals surface area contributed by atoms with Gasteiger partial charge in [0, 0.05) is 30.5 Å². The molecule has 4 rings (SSSR count). The van der Waals surface area contributed by atoms with Crippen LogP contribution in [0.3, 0.4) is 0 Å². The van der Waals surface area contributed by atoms with Crippen LogP contribution in [0.15, 0.2) is 28.8 Å². The van der Waals surface area contributed by atoms with Gasteiger partial charge in [0.15, 0.2) is 0 Å². The number of amides is 2. The zero-order chi connectivity index (χ0) is 20.7. The molecule has 2 aromatic heterocycles. The highest BCUT2D eigenvalue weighted by Gasteiger charge is 2.35. The van der Waals surface area contributed by atoms with Gasteiger partial charge in [-0.15, -0.1) is 11.3 Å². The van der Waals surface area contributed by atoms with Crippen molar-refractivity contribution in [3.05, 3.63) is 46.2 Å². The fraction of sp³-hybridized carbons (Fsp3) is 0.333. The molecule has 2 amide bonds. The number of carbonyl (C=O) groups is 2. The van der Waals surface area contributed by atoms with E-state index < -0.39 is 0 Å². The van der Waals surface area contributed by atoms with Crippen molar-refractivity contribution in [3.63, 3.8) is 0 Å². The Balaban J connectivity index is 1.47. The van der Waals surface area contributed by atoms with Crippen LogP contribution in [-0.4, -0.2) is 28.5 Å². The molecule has 1 atom stereocenters. The van der Waals surface area contributed by atoms with Gasteiger partial charge in [0.1, 0.15) is 0 Å². The van der Waals surface area contributed by atoms with E-state index >= 15 is 0 Å². The molecule has 150 valence electrons. The molecule has 1 aliphatic rings.